The zero-order valence-electron chi connectivity index (χ0n) is 15.5. The van der Waals surface area contributed by atoms with Crippen LogP contribution in [0.5, 0.6) is 0 Å². The number of carbonyl (C=O) groups is 1. The summed E-state index contributed by atoms with van der Waals surface area (Å²) in [6.45, 7) is 2.58. The van der Waals surface area contributed by atoms with Crippen LogP contribution in [0, 0.1) is 0 Å². The Balaban J connectivity index is 1.40. The fourth-order valence-corrected chi connectivity index (χ4v) is 3.44. The number of amides is 1. The lowest BCUT2D eigenvalue weighted by molar-refractivity contribution is -0.0345. The van der Waals surface area contributed by atoms with E-state index in [0.717, 1.165) is 11.1 Å². The van der Waals surface area contributed by atoms with Crippen LogP contribution in [0.2, 0.25) is 0 Å². The van der Waals surface area contributed by atoms with Gasteiger partial charge in [0.1, 0.15) is 11.3 Å². The van der Waals surface area contributed by atoms with Gasteiger partial charge in [-0.25, -0.2) is 4.98 Å². The highest BCUT2D eigenvalue weighted by Crippen LogP contribution is 2.18. The third-order valence-corrected chi connectivity index (χ3v) is 4.84. The van der Waals surface area contributed by atoms with Crippen LogP contribution >= 0.6 is 0 Å². The summed E-state index contributed by atoms with van der Waals surface area (Å²) >= 11 is 0. The number of carbonyl (C=O) groups excluding carboxylic acids is 1. The van der Waals surface area contributed by atoms with Crippen molar-refractivity contribution in [1.82, 2.24) is 25.2 Å². The van der Waals surface area contributed by atoms with E-state index < -0.39 is 5.60 Å². The maximum absolute atomic E-state index is 12.2. The lowest BCUT2D eigenvalue weighted by atomic mass is 10.0. The minimum absolute atomic E-state index is 0.0779. The Bertz CT molecular complexity index is 945. The molecule has 1 aliphatic rings. The Morgan fingerprint density at radius 3 is 3.14 bits per heavy atom. The molecule has 0 saturated carbocycles. The monoisotopic (exact) mass is 381 g/mol. The zero-order valence-corrected chi connectivity index (χ0v) is 15.5. The van der Waals surface area contributed by atoms with E-state index in [0.29, 0.717) is 26.2 Å². The molecule has 0 radical (unpaired) electrons. The first-order valence-corrected chi connectivity index (χ1v) is 9.24. The van der Waals surface area contributed by atoms with E-state index in [4.69, 9.17) is 4.74 Å². The topological polar surface area (TPSA) is 103 Å². The first-order valence-electron chi connectivity index (χ1n) is 9.24. The van der Waals surface area contributed by atoms with Gasteiger partial charge in [-0.2, -0.15) is 0 Å². The van der Waals surface area contributed by atoms with Crippen LogP contribution in [0.1, 0.15) is 16.1 Å². The number of rotatable bonds is 5. The van der Waals surface area contributed by atoms with Gasteiger partial charge in [-0.1, -0.05) is 12.1 Å². The van der Waals surface area contributed by atoms with E-state index in [1.54, 1.807) is 0 Å². The number of ether oxygens (including phenoxy) is 1. The van der Waals surface area contributed by atoms with Crippen molar-refractivity contribution in [1.29, 1.82) is 0 Å². The van der Waals surface area contributed by atoms with E-state index in [-0.39, 0.29) is 24.8 Å². The van der Waals surface area contributed by atoms with Crippen LogP contribution in [-0.2, 0) is 11.3 Å². The second kappa shape index (κ2) is 8.05. The number of aromatic amines is 1. The second-order valence-electron chi connectivity index (χ2n) is 7.16. The van der Waals surface area contributed by atoms with Gasteiger partial charge < -0.3 is 20.1 Å². The van der Waals surface area contributed by atoms with Gasteiger partial charge in [0.05, 0.1) is 26.0 Å². The lowest BCUT2D eigenvalue weighted by Gasteiger charge is -2.31. The lowest BCUT2D eigenvalue weighted by Crippen LogP contribution is -2.52. The maximum Gasteiger partial charge on any atom is 0.271 e. The molecule has 1 aromatic carbocycles. The van der Waals surface area contributed by atoms with Gasteiger partial charge >= 0.3 is 0 Å². The average molecular weight is 381 g/mol. The van der Waals surface area contributed by atoms with Crippen molar-refractivity contribution < 1.29 is 14.6 Å². The Morgan fingerprint density at radius 1 is 1.36 bits per heavy atom. The van der Waals surface area contributed by atoms with Crippen molar-refractivity contribution in [2.45, 2.75) is 12.1 Å². The first kappa shape index (κ1) is 18.5. The molecule has 2 aromatic heterocycles. The molecule has 146 valence electrons. The van der Waals surface area contributed by atoms with Gasteiger partial charge in [0.2, 0.25) is 0 Å². The highest BCUT2D eigenvalue weighted by molar-refractivity contribution is 5.91. The number of nitrogens with one attached hydrogen (secondary N) is 2. The molecule has 28 heavy (non-hydrogen) atoms. The molecule has 3 heterocycles. The number of hydrogen-bond donors (Lipinski definition) is 3. The van der Waals surface area contributed by atoms with Crippen LogP contribution in [0.25, 0.3) is 10.9 Å². The van der Waals surface area contributed by atoms with Crippen molar-refractivity contribution in [3.8, 4) is 0 Å². The Labute approximate surface area is 162 Å². The highest BCUT2D eigenvalue weighted by Gasteiger charge is 2.33. The molecule has 1 aliphatic heterocycles. The van der Waals surface area contributed by atoms with Crippen molar-refractivity contribution >= 4 is 16.8 Å². The van der Waals surface area contributed by atoms with Crippen molar-refractivity contribution in [2.75, 3.05) is 32.8 Å². The molecule has 0 spiro atoms. The number of H-pyrrole nitrogens is 1. The average Bonchev–Trinajstić information content (AvgIpc) is 3.10. The molecule has 8 nitrogen and oxygen atoms in total. The van der Waals surface area contributed by atoms with E-state index in [1.165, 1.54) is 24.0 Å². The summed E-state index contributed by atoms with van der Waals surface area (Å²) in [5.74, 6) is -0.366. The minimum atomic E-state index is -1.18. The summed E-state index contributed by atoms with van der Waals surface area (Å²) in [6, 6.07) is 8.34. The first-order chi connectivity index (χ1) is 13.6. The molecular formula is C20H23N5O3. The fourth-order valence-electron chi connectivity index (χ4n) is 3.44. The third kappa shape index (κ3) is 4.36. The smallest absolute Gasteiger partial charge is 0.271 e. The van der Waals surface area contributed by atoms with Crippen LogP contribution < -0.4 is 5.32 Å². The fraction of sp³-hybridized carbons (Fsp3) is 0.350. The number of nitrogens with zero attached hydrogens (tertiary/aromatic N) is 3. The minimum Gasteiger partial charge on any atom is -0.384 e. The number of aliphatic hydroxyl groups is 1. The standard InChI is InChI=1S/C20H23N5O3/c26-19(18-10-21-5-6-23-18)24-12-20(27)13-25(7-8-28-14-20)11-15-1-2-16-3-4-22-17(16)9-15/h1-6,9-10,22,27H,7-8,11-14H2,(H,24,26)/t20-/m0/s1. The number of β-amino-alcohol motifs (C(OH)–C–C–N with tert-alkyl or cyclic N) is 1. The molecule has 0 unspecified atom stereocenters. The predicted molar refractivity (Wildman–Crippen MR) is 104 cm³/mol. The van der Waals surface area contributed by atoms with E-state index in [9.17, 15) is 9.90 Å². The Morgan fingerprint density at radius 2 is 2.29 bits per heavy atom. The predicted octanol–water partition coefficient (Wildman–Crippen LogP) is 0.951. The van der Waals surface area contributed by atoms with Gasteiger partial charge in [-0.05, 0) is 23.1 Å². The molecule has 0 aliphatic carbocycles. The molecule has 3 N–H and O–H groups in total. The zero-order chi connectivity index (χ0) is 19.4. The van der Waals surface area contributed by atoms with Gasteiger partial charge in [-0.15, -0.1) is 0 Å². The van der Waals surface area contributed by atoms with Crippen LogP contribution in [0.15, 0.2) is 49.1 Å². The van der Waals surface area contributed by atoms with E-state index >= 15 is 0 Å². The molecular weight excluding hydrogens is 358 g/mol. The molecule has 8 heteroatoms. The van der Waals surface area contributed by atoms with Gasteiger partial charge in [0.25, 0.3) is 5.91 Å². The summed E-state index contributed by atoms with van der Waals surface area (Å²) in [5, 5.41) is 14.9. The number of benzene rings is 1. The number of fused-ring (bicyclic) bond motifs is 1. The molecule has 1 fully saturated rings. The molecule has 1 saturated heterocycles. The molecule has 3 aromatic rings. The van der Waals surface area contributed by atoms with Crippen molar-refractivity contribution in [3.05, 3.63) is 60.3 Å². The highest BCUT2D eigenvalue weighted by atomic mass is 16.5. The van der Waals surface area contributed by atoms with Gasteiger partial charge in [-0.3, -0.25) is 14.7 Å². The Hall–Kier alpha value is -2.81. The summed E-state index contributed by atoms with van der Waals surface area (Å²) in [4.78, 5) is 25.4. The molecule has 1 atom stereocenters. The quantitative estimate of drug-likeness (QED) is 0.608. The summed E-state index contributed by atoms with van der Waals surface area (Å²) < 4.78 is 5.60. The molecule has 4 rings (SSSR count). The van der Waals surface area contributed by atoms with Crippen molar-refractivity contribution in [3.63, 3.8) is 0 Å². The van der Waals surface area contributed by atoms with Crippen LogP contribution in [0.3, 0.4) is 0 Å². The van der Waals surface area contributed by atoms with E-state index in [1.807, 2.05) is 12.3 Å². The van der Waals surface area contributed by atoms with Crippen molar-refractivity contribution in [2.24, 2.45) is 0 Å². The molecule has 0 bridgehead atoms. The second-order valence-corrected chi connectivity index (χ2v) is 7.16. The summed E-state index contributed by atoms with van der Waals surface area (Å²) in [6.07, 6.45) is 6.28. The van der Waals surface area contributed by atoms with Gasteiger partial charge in [0, 0.05) is 43.7 Å². The largest absolute Gasteiger partial charge is 0.384 e. The summed E-state index contributed by atoms with van der Waals surface area (Å²) in [7, 11) is 0. The third-order valence-electron chi connectivity index (χ3n) is 4.84. The number of hydrogen-bond acceptors (Lipinski definition) is 6. The van der Waals surface area contributed by atoms with Crippen LogP contribution in [0.4, 0.5) is 0 Å². The SMILES string of the molecule is O=C(NC[C@@]1(O)COCCN(Cc2ccc3cc[nH]c3c2)C1)c1cnccn1. The maximum atomic E-state index is 12.2. The van der Waals surface area contributed by atoms with Gasteiger partial charge in [0.15, 0.2) is 0 Å². The van der Waals surface area contributed by atoms with E-state index in [2.05, 4.69) is 43.4 Å². The number of aromatic nitrogens is 3. The van der Waals surface area contributed by atoms with Crippen LogP contribution in [-0.4, -0.2) is 69.3 Å². The summed E-state index contributed by atoms with van der Waals surface area (Å²) in [5.41, 5.74) is 1.29. The Kier molecular flexibility index (Phi) is 5.34. The molecule has 1 amide bonds. The normalized spacial score (nSPS) is 20.8.